The van der Waals surface area contributed by atoms with E-state index in [1.54, 1.807) is 36.4 Å². The summed E-state index contributed by atoms with van der Waals surface area (Å²) in [6, 6.07) is 22.8. The van der Waals surface area contributed by atoms with Crippen LogP contribution in [0.1, 0.15) is 28.8 Å². The summed E-state index contributed by atoms with van der Waals surface area (Å²) in [4.78, 5) is 15.4. The number of carbonyl (C=O) groups is 1. The molecule has 3 aromatic carbocycles. The summed E-state index contributed by atoms with van der Waals surface area (Å²) in [5.74, 6) is -0.335. The van der Waals surface area contributed by atoms with Crippen molar-refractivity contribution in [1.29, 1.82) is 0 Å². The van der Waals surface area contributed by atoms with Gasteiger partial charge in [0, 0.05) is 24.8 Å². The molecule has 32 heavy (non-hydrogen) atoms. The zero-order chi connectivity index (χ0) is 22.6. The number of nitrogens with one attached hydrogen (secondary N) is 1. The molecule has 0 unspecified atom stereocenters. The van der Waals surface area contributed by atoms with Crippen LogP contribution < -0.4 is 9.62 Å². The van der Waals surface area contributed by atoms with E-state index in [0.29, 0.717) is 11.3 Å². The molecule has 1 N–H and O–H groups in total. The molecule has 0 spiro atoms. The van der Waals surface area contributed by atoms with Crippen molar-refractivity contribution < 1.29 is 13.2 Å². The van der Waals surface area contributed by atoms with E-state index in [2.05, 4.69) is 10.2 Å². The number of likely N-dealkylation sites (tertiary alicyclic amines) is 1. The summed E-state index contributed by atoms with van der Waals surface area (Å²) in [7, 11) is -2.29. The molecule has 0 atom stereocenters. The van der Waals surface area contributed by atoms with Crippen LogP contribution in [0.5, 0.6) is 0 Å². The fourth-order valence-corrected chi connectivity index (χ4v) is 5.13. The number of hydrogen-bond acceptors (Lipinski definition) is 4. The van der Waals surface area contributed by atoms with Crippen LogP contribution in [-0.2, 0) is 16.6 Å². The number of hydrogen-bond donors (Lipinski definition) is 1. The zero-order valence-corrected chi connectivity index (χ0v) is 18.9. The second kappa shape index (κ2) is 9.54. The Bertz CT molecular complexity index is 1190. The van der Waals surface area contributed by atoms with Gasteiger partial charge in [-0.1, -0.05) is 42.5 Å². The number of carbonyl (C=O) groups excluding carboxylic acids is 1. The second-order valence-electron chi connectivity index (χ2n) is 7.93. The molecule has 7 heteroatoms. The van der Waals surface area contributed by atoms with E-state index in [1.807, 2.05) is 30.3 Å². The highest BCUT2D eigenvalue weighted by atomic mass is 32.2. The highest BCUT2D eigenvalue weighted by Crippen LogP contribution is 2.24. The van der Waals surface area contributed by atoms with E-state index in [1.165, 1.54) is 36.3 Å². The lowest BCUT2D eigenvalue weighted by molar-refractivity contribution is 0.102. The largest absolute Gasteiger partial charge is 0.322 e. The first-order chi connectivity index (χ1) is 15.4. The molecule has 0 saturated carbocycles. The summed E-state index contributed by atoms with van der Waals surface area (Å²) in [6.07, 6.45) is 2.40. The Morgan fingerprint density at radius 2 is 1.62 bits per heavy atom. The van der Waals surface area contributed by atoms with E-state index >= 15 is 0 Å². The topological polar surface area (TPSA) is 69.7 Å². The van der Waals surface area contributed by atoms with Crippen LogP contribution in [0.2, 0.25) is 0 Å². The first-order valence-electron chi connectivity index (χ1n) is 10.7. The van der Waals surface area contributed by atoms with Crippen molar-refractivity contribution in [2.45, 2.75) is 24.3 Å². The first kappa shape index (κ1) is 22.0. The highest BCUT2D eigenvalue weighted by Gasteiger charge is 2.22. The summed E-state index contributed by atoms with van der Waals surface area (Å²) < 4.78 is 27.4. The van der Waals surface area contributed by atoms with Crippen molar-refractivity contribution in [1.82, 2.24) is 4.90 Å². The molecule has 1 heterocycles. The van der Waals surface area contributed by atoms with Gasteiger partial charge in [0.25, 0.3) is 15.9 Å². The van der Waals surface area contributed by atoms with Crippen LogP contribution in [0.15, 0.2) is 83.8 Å². The lowest BCUT2D eigenvalue weighted by atomic mass is 10.1. The van der Waals surface area contributed by atoms with Gasteiger partial charge >= 0.3 is 0 Å². The average Bonchev–Trinajstić information content (AvgIpc) is 3.33. The molecular weight excluding hydrogens is 422 g/mol. The van der Waals surface area contributed by atoms with Crippen LogP contribution >= 0.6 is 0 Å². The summed E-state index contributed by atoms with van der Waals surface area (Å²) in [5, 5.41) is 2.97. The molecule has 0 radical (unpaired) electrons. The first-order valence-corrected chi connectivity index (χ1v) is 12.1. The van der Waals surface area contributed by atoms with Crippen LogP contribution in [0, 0.1) is 0 Å². The molecule has 0 aliphatic carbocycles. The number of nitrogens with zero attached hydrogens (tertiary/aromatic N) is 2. The van der Waals surface area contributed by atoms with Gasteiger partial charge in [-0.25, -0.2) is 8.42 Å². The Balaban J connectivity index is 1.54. The van der Waals surface area contributed by atoms with Crippen molar-refractivity contribution in [2.24, 2.45) is 0 Å². The van der Waals surface area contributed by atoms with Gasteiger partial charge in [-0.05, 0) is 67.9 Å². The van der Waals surface area contributed by atoms with Crippen molar-refractivity contribution in [2.75, 3.05) is 29.8 Å². The molecule has 1 amide bonds. The third kappa shape index (κ3) is 4.84. The highest BCUT2D eigenvalue weighted by molar-refractivity contribution is 7.92. The van der Waals surface area contributed by atoms with Crippen molar-refractivity contribution in [3.63, 3.8) is 0 Å². The molecular formula is C25H27N3O3S. The molecule has 1 saturated heterocycles. The fraction of sp³-hybridized carbons (Fsp3) is 0.240. The maximum Gasteiger partial charge on any atom is 0.264 e. The lowest BCUT2D eigenvalue weighted by Gasteiger charge is -2.20. The number of anilines is 2. The predicted octanol–water partition coefficient (Wildman–Crippen LogP) is 4.36. The van der Waals surface area contributed by atoms with Gasteiger partial charge in [-0.2, -0.15) is 0 Å². The van der Waals surface area contributed by atoms with Crippen LogP contribution in [0.4, 0.5) is 11.4 Å². The Hall–Kier alpha value is -3.16. The van der Waals surface area contributed by atoms with E-state index in [4.69, 9.17) is 0 Å². The average molecular weight is 450 g/mol. The second-order valence-corrected chi connectivity index (χ2v) is 9.90. The number of amides is 1. The monoisotopic (exact) mass is 449 g/mol. The maximum absolute atomic E-state index is 13.1. The summed E-state index contributed by atoms with van der Waals surface area (Å²) in [5.41, 5.74) is 2.65. The minimum Gasteiger partial charge on any atom is -0.322 e. The Morgan fingerprint density at radius 3 is 2.38 bits per heavy atom. The quantitative estimate of drug-likeness (QED) is 0.582. The van der Waals surface area contributed by atoms with E-state index in [9.17, 15) is 13.2 Å². The molecule has 6 nitrogen and oxygen atoms in total. The predicted molar refractivity (Wildman–Crippen MR) is 127 cm³/mol. The third-order valence-corrected chi connectivity index (χ3v) is 7.51. The molecule has 1 fully saturated rings. The van der Waals surface area contributed by atoms with Crippen LogP contribution in [-0.4, -0.2) is 39.4 Å². The molecule has 166 valence electrons. The van der Waals surface area contributed by atoms with Crippen molar-refractivity contribution in [3.8, 4) is 0 Å². The standard InChI is InChI=1S/C25H27N3O3S/c1-27(22-12-3-2-4-13-22)32(30,31)23-14-9-11-20(18-23)25(29)26-24-15-6-5-10-21(24)19-28-16-7-8-17-28/h2-6,9-15,18H,7-8,16-17,19H2,1H3,(H,26,29). The Labute approximate surface area is 189 Å². The summed E-state index contributed by atoms with van der Waals surface area (Å²) in [6.45, 7) is 2.92. The smallest absolute Gasteiger partial charge is 0.264 e. The molecule has 1 aliphatic rings. The Kier molecular flexibility index (Phi) is 6.58. The zero-order valence-electron chi connectivity index (χ0n) is 18.1. The number of rotatable bonds is 7. The number of benzene rings is 3. The molecule has 0 aromatic heterocycles. The van der Waals surface area contributed by atoms with Gasteiger partial charge in [0.15, 0.2) is 0 Å². The molecule has 1 aliphatic heterocycles. The molecule has 4 rings (SSSR count). The summed E-state index contributed by atoms with van der Waals surface area (Å²) >= 11 is 0. The van der Waals surface area contributed by atoms with Crippen molar-refractivity contribution >= 4 is 27.3 Å². The Morgan fingerprint density at radius 1 is 0.938 bits per heavy atom. The van der Waals surface area contributed by atoms with Gasteiger partial charge < -0.3 is 5.32 Å². The van der Waals surface area contributed by atoms with E-state index < -0.39 is 10.0 Å². The minimum absolute atomic E-state index is 0.0712. The van der Waals surface area contributed by atoms with Crippen LogP contribution in [0.25, 0.3) is 0 Å². The van der Waals surface area contributed by atoms with E-state index in [-0.39, 0.29) is 10.8 Å². The normalized spacial score (nSPS) is 14.3. The van der Waals surface area contributed by atoms with Gasteiger partial charge in [-0.3, -0.25) is 14.0 Å². The molecule has 0 bridgehead atoms. The third-order valence-electron chi connectivity index (χ3n) is 5.73. The SMILES string of the molecule is CN(c1ccccc1)S(=O)(=O)c1cccc(C(=O)Nc2ccccc2CN2CCCC2)c1. The minimum atomic E-state index is -3.80. The van der Waals surface area contributed by atoms with Crippen LogP contribution in [0.3, 0.4) is 0 Å². The number of para-hydroxylation sites is 2. The van der Waals surface area contributed by atoms with Gasteiger partial charge in [0.05, 0.1) is 10.6 Å². The van der Waals surface area contributed by atoms with Gasteiger partial charge in [-0.15, -0.1) is 0 Å². The lowest BCUT2D eigenvalue weighted by Crippen LogP contribution is -2.26. The number of sulfonamides is 1. The van der Waals surface area contributed by atoms with Crippen molar-refractivity contribution in [3.05, 3.63) is 90.0 Å². The van der Waals surface area contributed by atoms with Gasteiger partial charge in [0.1, 0.15) is 0 Å². The maximum atomic E-state index is 13.1. The molecule has 3 aromatic rings. The van der Waals surface area contributed by atoms with Gasteiger partial charge in [0.2, 0.25) is 0 Å². The van der Waals surface area contributed by atoms with E-state index in [0.717, 1.165) is 30.9 Å². The fourth-order valence-electron chi connectivity index (χ4n) is 3.89.